The van der Waals surface area contributed by atoms with Crippen LogP contribution < -0.4 is 31.2 Å². The third-order valence-electron chi connectivity index (χ3n) is 7.59. The van der Waals surface area contributed by atoms with E-state index in [1.165, 1.54) is 38.9 Å². The number of hydrogen-bond donors (Lipinski definition) is 4. The summed E-state index contributed by atoms with van der Waals surface area (Å²) in [5.74, 6) is -0.900. The van der Waals surface area contributed by atoms with E-state index in [-0.39, 0.29) is 42.4 Å². The Hall–Kier alpha value is -4.55. The molecule has 0 bridgehead atoms. The number of nitrogens with two attached hydrogens (primary N) is 1. The first-order chi connectivity index (χ1) is 24.8. The number of ether oxygens (including phenoxy) is 5. The quantitative estimate of drug-likeness (QED) is 0.119. The summed E-state index contributed by atoms with van der Waals surface area (Å²) in [6.07, 6.45) is 5.75. The molecular formula is C35H58N6O12. The molecular weight excluding hydrogens is 696 g/mol. The van der Waals surface area contributed by atoms with E-state index in [1.807, 2.05) is 0 Å². The molecule has 3 amide bonds. The minimum absolute atomic E-state index is 0.187. The van der Waals surface area contributed by atoms with Crippen LogP contribution in [0.2, 0.25) is 0 Å². The van der Waals surface area contributed by atoms with Crippen molar-refractivity contribution in [1.82, 2.24) is 26.3 Å². The maximum Gasteiger partial charge on any atom is 0.407 e. The van der Waals surface area contributed by atoms with Gasteiger partial charge in [-0.05, 0) is 104 Å². The first kappa shape index (κ1) is 46.5. The average Bonchev–Trinajstić information content (AvgIpc) is 3.83. The van der Waals surface area contributed by atoms with Crippen LogP contribution in [-0.2, 0) is 33.4 Å². The number of rotatable bonds is 23. The molecule has 5 N–H and O–H groups in total. The largest absolute Gasteiger partial charge is 0.467 e. The number of methoxy groups -OCH3 is 2. The molecule has 300 valence electrons. The number of aromatic nitrogens is 2. The number of alkyl carbamates (subject to hydrolysis) is 1. The van der Waals surface area contributed by atoms with Crippen LogP contribution in [-0.4, -0.2) is 109 Å². The zero-order chi connectivity index (χ0) is 40.1. The molecule has 0 fully saturated rings. The lowest BCUT2D eigenvalue weighted by molar-refractivity contribution is -0.142. The number of unbranched alkanes of at least 4 members (excludes halogenated alkanes) is 2. The molecule has 0 unspecified atom stereocenters. The molecule has 0 saturated heterocycles. The maximum absolute atomic E-state index is 12.6. The van der Waals surface area contributed by atoms with Crippen LogP contribution >= 0.6 is 0 Å². The number of Topliss-reactive ketones (excluding diaryl/α,β-unsaturated/α-hetero) is 2. The van der Waals surface area contributed by atoms with Crippen molar-refractivity contribution in [2.75, 3.05) is 40.5 Å². The maximum atomic E-state index is 12.6. The lowest BCUT2D eigenvalue weighted by atomic mass is 10.0. The number of carbonyl (C=O) groups is 5. The lowest BCUT2D eigenvalue weighted by Gasteiger charge is -2.25. The van der Waals surface area contributed by atoms with Gasteiger partial charge in [0.2, 0.25) is 0 Å². The van der Waals surface area contributed by atoms with Gasteiger partial charge in [0.25, 0.3) is 23.6 Å². The monoisotopic (exact) mass is 754 g/mol. The molecule has 0 aliphatic heterocycles. The Morgan fingerprint density at radius 1 is 0.717 bits per heavy atom. The van der Waals surface area contributed by atoms with E-state index < -0.39 is 40.9 Å². The number of nitrogens with zero attached hydrogens (tertiary/aromatic N) is 2. The normalized spacial score (nSPS) is 12.7. The SMILES string of the molecule is COC(C)(C)C(=O)N[C@@H](CCCCN)C(=O)COc1ccon1.COC(C)(C)C(=O)N[C@@H](CCCCNC(=O)OC(C)(C)C)C(=O)COc1ccon1. The van der Waals surface area contributed by atoms with Crippen LogP contribution in [0.3, 0.4) is 0 Å². The topological polar surface area (TPSA) is 246 Å². The standard InChI is InChI=1S/C20H33N3O7.C15H25N3O5/c1-19(2,3)30-18(26)21-11-8-7-9-14(22-17(25)20(4,5)27-6)15(24)13-28-16-10-12-29-23-16;1-15(2,21-3)14(20)17-11(6-4-5-8-16)12(19)10-22-13-7-9-23-18-13/h10,12,14H,7-9,11,13H2,1-6H3,(H,21,26)(H,22,25);7,9,11H,4-6,8,10,16H2,1-3H3,(H,17,20)/t14-;11-/m00/s1. The average molecular weight is 755 g/mol. The highest BCUT2D eigenvalue weighted by molar-refractivity contribution is 5.93. The summed E-state index contributed by atoms with van der Waals surface area (Å²) >= 11 is 0. The molecule has 2 aromatic heterocycles. The van der Waals surface area contributed by atoms with Crippen molar-refractivity contribution in [1.29, 1.82) is 0 Å². The van der Waals surface area contributed by atoms with Gasteiger partial charge in [-0.25, -0.2) is 4.79 Å². The fraction of sp³-hybridized carbons (Fsp3) is 0.686. The zero-order valence-electron chi connectivity index (χ0n) is 32.4. The summed E-state index contributed by atoms with van der Waals surface area (Å²) in [6, 6.07) is 1.57. The van der Waals surface area contributed by atoms with Gasteiger partial charge in [0.15, 0.2) is 24.8 Å². The van der Waals surface area contributed by atoms with Crippen LogP contribution in [0, 0.1) is 0 Å². The van der Waals surface area contributed by atoms with Gasteiger partial charge >= 0.3 is 6.09 Å². The fourth-order valence-corrected chi connectivity index (χ4v) is 3.99. The second-order valence-corrected chi connectivity index (χ2v) is 13.9. The fourth-order valence-electron chi connectivity index (χ4n) is 3.99. The Labute approximate surface area is 310 Å². The van der Waals surface area contributed by atoms with Gasteiger partial charge in [-0.15, -0.1) is 0 Å². The summed E-state index contributed by atoms with van der Waals surface area (Å²) in [5, 5.41) is 15.2. The number of ketones is 2. The van der Waals surface area contributed by atoms with E-state index in [4.69, 9.17) is 29.4 Å². The number of hydrogen-bond acceptors (Lipinski definition) is 15. The van der Waals surface area contributed by atoms with Crippen molar-refractivity contribution in [2.45, 2.75) is 116 Å². The Morgan fingerprint density at radius 3 is 1.51 bits per heavy atom. The van der Waals surface area contributed by atoms with Gasteiger partial charge in [-0.2, -0.15) is 0 Å². The zero-order valence-corrected chi connectivity index (χ0v) is 32.4. The van der Waals surface area contributed by atoms with Gasteiger partial charge in [0.05, 0.1) is 12.1 Å². The molecule has 2 aromatic rings. The number of amides is 3. The predicted molar refractivity (Wildman–Crippen MR) is 191 cm³/mol. The molecule has 2 heterocycles. The van der Waals surface area contributed by atoms with E-state index in [9.17, 15) is 24.0 Å². The van der Waals surface area contributed by atoms with Crippen LogP contribution in [0.25, 0.3) is 0 Å². The number of carbonyl (C=O) groups excluding carboxylic acids is 5. The van der Waals surface area contributed by atoms with E-state index >= 15 is 0 Å². The Balaban J connectivity index is 0.000000549. The van der Waals surface area contributed by atoms with Gasteiger partial charge < -0.3 is 54.4 Å². The van der Waals surface area contributed by atoms with Gasteiger partial charge in [0.1, 0.15) is 29.3 Å². The summed E-state index contributed by atoms with van der Waals surface area (Å²) in [6.45, 7) is 12.3. The highest BCUT2D eigenvalue weighted by atomic mass is 16.6. The van der Waals surface area contributed by atoms with E-state index in [1.54, 1.807) is 48.5 Å². The van der Waals surface area contributed by atoms with Gasteiger partial charge in [0, 0.05) is 32.9 Å². The molecule has 2 rings (SSSR count). The van der Waals surface area contributed by atoms with E-state index in [2.05, 4.69) is 35.3 Å². The minimum atomic E-state index is -1.08. The van der Waals surface area contributed by atoms with Gasteiger partial charge in [-0.3, -0.25) is 19.2 Å². The van der Waals surface area contributed by atoms with Crippen molar-refractivity contribution in [3.8, 4) is 11.8 Å². The Kier molecular flexibility index (Phi) is 20.3. The highest BCUT2D eigenvalue weighted by Crippen LogP contribution is 2.13. The van der Waals surface area contributed by atoms with Crippen molar-refractivity contribution < 1.29 is 56.7 Å². The number of nitrogens with one attached hydrogen (secondary N) is 3. The van der Waals surface area contributed by atoms with Crippen molar-refractivity contribution >= 4 is 29.5 Å². The second-order valence-electron chi connectivity index (χ2n) is 13.9. The Bertz CT molecular complexity index is 1370. The molecule has 0 saturated carbocycles. The molecule has 18 heteroatoms. The third kappa shape index (κ3) is 19.2. The molecule has 0 spiro atoms. The lowest BCUT2D eigenvalue weighted by Crippen LogP contribution is -2.51. The summed E-state index contributed by atoms with van der Waals surface area (Å²) in [4.78, 5) is 61.2. The molecule has 0 aromatic carbocycles. The summed E-state index contributed by atoms with van der Waals surface area (Å²) in [7, 11) is 2.87. The van der Waals surface area contributed by atoms with Gasteiger partial charge in [-0.1, -0.05) is 0 Å². The first-order valence-electron chi connectivity index (χ1n) is 17.4. The van der Waals surface area contributed by atoms with E-state index in [0.717, 1.165) is 12.8 Å². The van der Waals surface area contributed by atoms with Crippen molar-refractivity contribution in [2.24, 2.45) is 5.73 Å². The smallest absolute Gasteiger partial charge is 0.407 e. The summed E-state index contributed by atoms with van der Waals surface area (Å²) in [5.41, 5.74) is 2.81. The first-order valence-corrected chi connectivity index (χ1v) is 17.4. The molecule has 0 aliphatic rings. The molecule has 18 nitrogen and oxygen atoms in total. The molecule has 2 atom stereocenters. The van der Waals surface area contributed by atoms with Crippen LogP contribution in [0.5, 0.6) is 11.8 Å². The molecule has 0 aliphatic carbocycles. The van der Waals surface area contributed by atoms with Crippen LogP contribution in [0.4, 0.5) is 4.79 Å². The third-order valence-corrected chi connectivity index (χ3v) is 7.59. The molecule has 53 heavy (non-hydrogen) atoms. The van der Waals surface area contributed by atoms with Crippen molar-refractivity contribution in [3.05, 3.63) is 24.7 Å². The van der Waals surface area contributed by atoms with Crippen LogP contribution in [0.1, 0.15) is 87.0 Å². The Morgan fingerprint density at radius 2 is 1.15 bits per heavy atom. The molecule has 0 radical (unpaired) electrons. The predicted octanol–water partition coefficient (Wildman–Crippen LogP) is 2.89. The summed E-state index contributed by atoms with van der Waals surface area (Å²) < 4.78 is 35.2. The highest BCUT2D eigenvalue weighted by Gasteiger charge is 2.32. The van der Waals surface area contributed by atoms with Crippen molar-refractivity contribution in [3.63, 3.8) is 0 Å². The van der Waals surface area contributed by atoms with E-state index in [0.29, 0.717) is 38.8 Å². The van der Waals surface area contributed by atoms with Crippen LogP contribution in [0.15, 0.2) is 33.7 Å². The second kappa shape index (κ2) is 23.2. The minimum Gasteiger partial charge on any atom is -0.467 e.